The molecule has 1 aromatic heterocycles. The van der Waals surface area contributed by atoms with Crippen molar-refractivity contribution in [2.45, 2.75) is 17.2 Å². The Kier molecular flexibility index (Phi) is 3.31. The van der Waals surface area contributed by atoms with Crippen LogP contribution in [-0.4, -0.2) is 10.2 Å². The lowest BCUT2D eigenvalue weighted by molar-refractivity contribution is 1.11. The summed E-state index contributed by atoms with van der Waals surface area (Å²) in [7, 11) is 0. The van der Waals surface area contributed by atoms with Gasteiger partial charge in [-0.2, -0.15) is 10.5 Å². The highest BCUT2D eigenvalue weighted by atomic mass is 32.2. The van der Waals surface area contributed by atoms with Crippen LogP contribution in [0.1, 0.15) is 12.5 Å². The van der Waals surface area contributed by atoms with Crippen molar-refractivity contribution in [2.24, 2.45) is 0 Å². The van der Waals surface area contributed by atoms with Gasteiger partial charge in [-0.25, -0.2) is 4.98 Å². The smallest absolute Gasteiger partial charge is 0.101 e. The van der Waals surface area contributed by atoms with Crippen LogP contribution in [-0.2, 0) is 0 Å². The predicted octanol–water partition coefficient (Wildman–Crippen LogP) is 1.96. The Hall–Kier alpha value is -1.52. The van der Waals surface area contributed by atoms with Gasteiger partial charge in [-0.05, 0) is 19.1 Å². The van der Waals surface area contributed by atoms with Crippen molar-refractivity contribution in [2.75, 3.05) is 0 Å². The Morgan fingerprint density at radius 2 is 2.23 bits per heavy atom. The first-order valence-corrected chi connectivity index (χ1v) is 4.56. The molecule has 0 saturated heterocycles. The molecule has 1 unspecified atom stereocenters. The Balaban J connectivity index is 2.72. The van der Waals surface area contributed by atoms with Gasteiger partial charge in [0, 0.05) is 6.20 Å². The van der Waals surface area contributed by atoms with Crippen LogP contribution in [0.25, 0.3) is 0 Å². The third-order valence-electron chi connectivity index (χ3n) is 1.34. The van der Waals surface area contributed by atoms with E-state index in [0.717, 1.165) is 5.03 Å². The third-order valence-corrected chi connectivity index (χ3v) is 2.29. The van der Waals surface area contributed by atoms with E-state index in [2.05, 4.69) is 11.1 Å². The Bertz CT molecular complexity index is 358. The summed E-state index contributed by atoms with van der Waals surface area (Å²) in [6.07, 6.45) is 1.51. The fraction of sp³-hybridized carbons (Fsp3) is 0.222. The number of rotatable bonds is 2. The van der Waals surface area contributed by atoms with Crippen LogP contribution in [0, 0.1) is 22.7 Å². The number of nitrogens with zero attached hydrogens (tertiary/aromatic N) is 3. The molecule has 13 heavy (non-hydrogen) atoms. The van der Waals surface area contributed by atoms with E-state index in [1.54, 1.807) is 12.1 Å². The second-order valence-corrected chi connectivity index (χ2v) is 3.75. The Labute approximate surface area is 81.0 Å². The number of nitriles is 2. The van der Waals surface area contributed by atoms with Gasteiger partial charge in [-0.15, -0.1) is 0 Å². The second kappa shape index (κ2) is 4.49. The minimum Gasteiger partial charge on any atom is -0.249 e. The molecular formula is C9H7N3S. The molecule has 0 aromatic carbocycles. The number of aromatic nitrogens is 1. The number of thioether (sulfide) groups is 1. The summed E-state index contributed by atoms with van der Waals surface area (Å²) in [6.45, 7) is 1.81. The molecule has 0 bridgehead atoms. The molecule has 0 fully saturated rings. The Morgan fingerprint density at radius 3 is 2.69 bits per heavy atom. The van der Waals surface area contributed by atoms with E-state index in [1.165, 1.54) is 18.0 Å². The fourth-order valence-corrected chi connectivity index (χ4v) is 1.40. The van der Waals surface area contributed by atoms with Gasteiger partial charge in [-0.1, -0.05) is 11.8 Å². The van der Waals surface area contributed by atoms with Crippen molar-refractivity contribution in [3.8, 4) is 12.1 Å². The average Bonchev–Trinajstić information content (AvgIpc) is 2.19. The highest BCUT2D eigenvalue weighted by Crippen LogP contribution is 2.19. The molecule has 1 heterocycles. The van der Waals surface area contributed by atoms with Crippen LogP contribution >= 0.6 is 11.8 Å². The molecule has 4 heteroatoms. The summed E-state index contributed by atoms with van der Waals surface area (Å²) < 4.78 is 0. The summed E-state index contributed by atoms with van der Waals surface area (Å²) in [5.74, 6) is 0. The summed E-state index contributed by atoms with van der Waals surface area (Å²) in [4.78, 5) is 4.03. The van der Waals surface area contributed by atoms with Crippen LogP contribution in [0.15, 0.2) is 23.4 Å². The maximum absolute atomic E-state index is 8.55. The predicted molar refractivity (Wildman–Crippen MR) is 49.9 cm³/mol. The molecule has 0 aliphatic carbocycles. The van der Waals surface area contributed by atoms with E-state index >= 15 is 0 Å². The van der Waals surface area contributed by atoms with E-state index in [-0.39, 0.29) is 5.25 Å². The maximum atomic E-state index is 8.55. The highest BCUT2D eigenvalue weighted by molar-refractivity contribution is 8.00. The van der Waals surface area contributed by atoms with E-state index in [1.807, 2.05) is 13.0 Å². The highest BCUT2D eigenvalue weighted by Gasteiger charge is 2.02. The molecule has 64 valence electrons. The molecule has 0 radical (unpaired) electrons. The topological polar surface area (TPSA) is 60.5 Å². The molecule has 0 aliphatic heterocycles. The molecule has 1 rings (SSSR count). The first kappa shape index (κ1) is 9.57. The molecule has 1 aromatic rings. The minimum atomic E-state index is -0.111. The molecule has 0 N–H and O–H groups in total. The van der Waals surface area contributed by atoms with Gasteiger partial charge in [0.15, 0.2) is 0 Å². The van der Waals surface area contributed by atoms with Gasteiger partial charge in [0.1, 0.15) is 6.07 Å². The van der Waals surface area contributed by atoms with Gasteiger partial charge in [0.25, 0.3) is 0 Å². The quantitative estimate of drug-likeness (QED) is 0.667. The zero-order chi connectivity index (χ0) is 9.68. The van der Waals surface area contributed by atoms with Crippen LogP contribution < -0.4 is 0 Å². The normalized spacial score (nSPS) is 11.3. The van der Waals surface area contributed by atoms with Gasteiger partial charge < -0.3 is 0 Å². The lowest BCUT2D eigenvalue weighted by atomic mass is 10.3. The monoisotopic (exact) mass is 189 g/mol. The van der Waals surface area contributed by atoms with Crippen LogP contribution in [0.2, 0.25) is 0 Å². The van der Waals surface area contributed by atoms with Crippen molar-refractivity contribution in [1.82, 2.24) is 4.98 Å². The molecule has 1 atom stereocenters. The van der Waals surface area contributed by atoms with Gasteiger partial charge in [-0.3, -0.25) is 0 Å². The summed E-state index contributed by atoms with van der Waals surface area (Å²) >= 11 is 1.38. The third kappa shape index (κ3) is 2.77. The summed E-state index contributed by atoms with van der Waals surface area (Å²) in [5.41, 5.74) is 0.536. The molecule has 0 spiro atoms. The van der Waals surface area contributed by atoms with Crippen LogP contribution in [0.4, 0.5) is 0 Å². The van der Waals surface area contributed by atoms with Gasteiger partial charge in [0.2, 0.25) is 0 Å². The number of hydrogen-bond donors (Lipinski definition) is 0. The van der Waals surface area contributed by atoms with Crippen molar-refractivity contribution in [1.29, 1.82) is 10.5 Å². The van der Waals surface area contributed by atoms with Gasteiger partial charge >= 0.3 is 0 Å². The lowest BCUT2D eigenvalue weighted by Crippen LogP contribution is -1.91. The molecular weight excluding hydrogens is 182 g/mol. The summed E-state index contributed by atoms with van der Waals surface area (Å²) in [6, 6.07) is 7.53. The fourth-order valence-electron chi connectivity index (χ4n) is 0.724. The number of pyridine rings is 1. The molecule has 0 amide bonds. The van der Waals surface area contributed by atoms with E-state index in [9.17, 15) is 0 Å². The second-order valence-electron chi connectivity index (χ2n) is 2.39. The zero-order valence-corrected chi connectivity index (χ0v) is 7.88. The lowest BCUT2D eigenvalue weighted by Gasteiger charge is -2.00. The average molecular weight is 189 g/mol. The van der Waals surface area contributed by atoms with Crippen molar-refractivity contribution >= 4 is 11.8 Å². The standard InChI is InChI=1S/C9H7N3S/c1-7(4-10)13-9-3-2-8(5-11)6-12-9/h2-3,6-7H,1H3. The van der Waals surface area contributed by atoms with Crippen LogP contribution in [0.3, 0.4) is 0 Å². The minimum absolute atomic E-state index is 0.111. The molecule has 3 nitrogen and oxygen atoms in total. The van der Waals surface area contributed by atoms with E-state index in [0.29, 0.717) is 5.56 Å². The largest absolute Gasteiger partial charge is 0.249 e. The first-order chi connectivity index (χ1) is 6.26. The maximum Gasteiger partial charge on any atom is 0.101 e. The van der Waals surface area contributed by atoms with Crippen molar-refractivity contribution in [3.05, 3.63) is 23.9 Å². The van der Waals surface area contributed by atoms with Crippen molar-refractivity contribution in [3.63, 3.8) is 0 Å². The van der Waals surface area contributed by atoms with Crippen LogP contribution in [0.5, 0.6) is 0 Å². The van der Waals surface area contributed by atoms with E-state index < -0.39 is 0 Å². The number of hydrogen-bond acceptors (Lipinski definition) is 4. The molecule has 0 aliphatic rings. The van der Waals surface area contributed by atoms with Gasteiger partial charge in [0.05, 0.1) is 21.9 Å². The Morgan fingerprint density at radius 1 is 1.46 bits per heavy atom. The summed E-state index contributed by atoms with van der Waals surface area (Å²) in [5, 5.41) is 17.7. The molecule has 0 saturated carbocycles. The van der Waals surface area contributed by atoms with E-state index in [4.69, 9.17) is 10.5 Å². The van der Waals surface area contributed by atoms with Crippen molar-refractivity contribution < 1.29 is 0 Å². The zero-order valence-electron chi connectivity index (χ0n) is 7.06. The first-order valence-electron chi connectivity index (χ1n) is 3.68. The SMILES string of the molecule is CC(C#N)Sc1ccc(C#N)cn1.